The molecule has 0 spiro atoms. The summed E-state index contributed by atoms with van der Waals surface area (Å²) in [6, 6.07) is 6.96. The van der Waals surface area contributed by atoms with Crippen LogP contribution >= 0.6 is 11.6 Å². The molecule has 1 aromatic carbocycles. The Bertz CT molecular complexity index is 762. The van der Waals surface area contributed by atoms with E-state index in [2.05, 4.69) is 15.1 Å². The molecule has 0 aliphatic carbocycles. The van der Waals surface area contributed by atoms with Crippen LogP contribution in [0.1, 0.15) is 11.4 Å². The Morgan fingerprint density at radius 2 is 2.04 bits per heavy atom. The van der Waals surface area contributed by atoms with E-state index in [-0.39, 0.29) is 11.9 Å². The maximum absolute atomic E-state index is 6.19. The van der Waals surface area contributed by atoms with Crippen LogP contribution in [0, 0.1) is 6.92 Å². The summed E-state index contributed by atoms with van der Waals surface area (Å²) in [6.07, 6.45) is 0. The fourth-order valence-electron chi connectivity index (χ4n) is 1.92. The molecule has 23 heavy (non-hydrogen) atoms. The number of aromatic nitrogens is 2. The molecule has 0 fully saturated rings. The Kier molecular flexibility index (Phi) is 5.07. The molecule has 0 radical (unpaired) electrons. The lowest BCUT2D eigenvalue weighted by molar-refractivity contribution is 0.295. The predicted molar refractivity (Wildman–Crippen MR) is 90.8 cm³/mol. The second-order valence-corrected chi connectivity index (χ2v) is 5.22. The number of nitrogens with two attached hydrogens (primary N) is 3. The number of nitrogens with zero attached hydrogens (tertiary/aromatic N) is 4. The summed E-state index contributed by atoms with van der Waals surface area (Å²) in [4.78, 5) is 7.66. The number of aliphatic imine (C=N–C) groups is 2. The summed E-state index contributed by atoms with van der Waals surface area (Å²) < 4.78 is 7.46. The Hall–Kier alpha value is -2.74. The normalized spacial score (nSPS) is 11.3. The van der Waals surface area contributed by atoms with Gasteiger partial charge in [-0.1, -0.05) is 11.6 Å². The van der Waals surface area contributed by atoms with Crippen molar-refractivity contribution in [3.63, 3.8) is 0 Å². The molecular weight excluding hydrogens is 318 g/mol. The molecule has 1 aromatic heterocycles. The third-order valence-corrected chi connectivity index (χ3v) is 3.17. The predicted octanol–water partition coefficient (Wildman–Crippen LogP) is 1.18. The molecule has 0 amide bonds. The molecule has 122 valence electrons. The molecule has 2 aromatic rings. The van der Waals surface area contributed by atoms with Gasteiger partial charge in [-0.3, -0.25) is 4.68 Å². The zero-order valence-electron chi connectivity index (χ0n) is 12.8. The van der Waals surface area contributed by atoms with Crippen molar-refractivity contribution in [1.82, 2.24) is 9.78 Å². The number of halogens is 1. The average Bonchev–Trinajstić information content (AvgIpc) is 2.75. The molecule has 1 heterocycles. The first-order chi connectivity index (χ1) is 10.8. The van der Waals surface area contributed by atoms with Gasteiger partial charge in [-0.05, 0) is 31.2 Å². The molecule has 0 aliphatic heterocycles. The van der Waals surface area contributed by atoms with Gasteiger partial charge >= 0.3 is 0 Å². The summed E-state index contributed by atoms with van der Waals surface area (Å²) in [5.74, 6) is 0.314. The van der Waals surface area contributed by atoms with Crippen LogP contribution in [-0.2, 0) is 13.7 Å². The van der Waals surface area contributed by atoms with Crippen molar-refractivity contribution in [2.24, 2.45) is 34.2 Å². The van der Waals surface area contributed by atoms with Crippen LogP contribution < -0.4 is 21.9 Å². The largest absolute Gasteiger partial charge is 0.486 e. The third-order valence-electron chi connectivity index (χ3n) is 2.88. The van der Waals surface area contributed by atoms with Crippen molar-refractivity contribution in [2.45, 2.75) is 13.5 Å². The Balaban J connectivity index is 2.10. The molecule has 0 saturated heterocycles. The number of benzene rings is 1. The third kappa shape index (κ3) is 4.62. The zero-order valence-corrected chi connectivity index (χ0v) is 13.6. The maximum Gasteiger partial charge on any atom is 0.223 e. The minimum atomic E-state index is -0.163. The van der Waals surface area contributed by atoms with E-state index < -0.39 is 0 Å². The van der Waals surface area contributed by atoms with Crippen LogP contribution in [0.15, 0.2) is 34.3 Å². The van der Waals surface area contributed by atoms with Crippen molar-refractivity contribution in [3.8, 4) is 5.75 Å². The lowest BCUT2D eigenvalue weighted by Crippen LogP contribution is -2.26. The summed E-state index contributed by atoms with van der Waals surface area (Å²) in [6.45, 7) is 2.28. The van der Waals surface area contributed by atoms with Crippen molar-refractivity contribution >= 4 is 29.2 Å². The van der Waals surface area contributed by atoms with Crippen LogP contribution in [0.3, 0.4) is 0 Å². The zero-order chi connectivity index (χ0) is 17.0. The van der Waals surface area contributed by atoms with Gasteiger partial charge in [0.15, 0.2) is 5.96 Å². The first-order valence-corrected chi connectivity index (χ1v) is 7.08. The minimum Gasteiger partial charge on any atom is -0.486 e. The van der Waals surface area contributed by atoms with Gasteiger partial charge in [0.05, 0.1) is 22.1 Å². The molecule has 0 bridgehead atoms. The number of hydrogen-bond donors (Lipinski definition) is 3. The minimum absolute atomic E-state index is 0.0555. The molecule has 0 saturated carbocycles. The number of guanidine groups is 2. The van der Waals surface area contributed by atoms with Gasteiger partial charge in [0.1, 0.15) is 12.4 Å². The highest BCUT2D eigenvalue weighted by molar-refractivity contribution is 6.32. The SMILES string of the molecule is Cc1cc(COc2ccc(N=C(N)N=C(N)N)cc2Cl)n(C)n1. The number of ether oxygens (including phenoxy) is 1. The lowest BCUT2D eigenvalue weighted by atomic mass is 10.3. The quantitative estimate of drug-likeness (QED) is 0.570. The highest BCUT2D eigenvalue weighted by Gasteiger charge is 2.07. The van der Waals surface area contributed by atoms with Crippen LogP contribution in [0.5, 0.6) is 5.75 Å². The van der Waals surface area contributed by atoms with Gasteiger partial charge in [0, 0.05) is 7.05 Å². The Labute approximate surface area is 138 Å². The molecule has 6 N–H and O–H groups in total. The van der Waals surface area contributed by atoms with Gasteiger partial charge in [-0.25, -0.2) is 4.99 Å². The van der Waals surface area contributed by atoms with Crippen LogP contribution in [-0.4, -0.2) is 21.7 Å². The fourth-order valence-corrected chi connectivity index (χ4v) is 2.15. The smallest absolute Gasteiger partial charge is 0.223 e. The molecule has 0 atom stereocenters. The van der Waals surface area contributed by atoms with Crippen molar-refractivity contribution in [1.29, 1.82) is 0 Å². The molecule has 2 rings (SSSR count). The van der Waals surface area contributed by atoms with E-state index in [9.17, 15) is 0 Å². The summed E-state index contributed by atoms with van der Waals surface area (Å²) in [7, 11) is 1.86. The van der Waals surface area contributed by atoms with Gasteiger partial charge in [-0.2, -0.15) is 10.1 Å². The number of aryl methyl sites for hydroxylation is 2. The first kappa shape index (κ1) is 16.6. The molecule has 8 nitrogen and oxygen atoms in total. The lowest BCUT2D eigenvalue weighted by Gasteiger charge is -2.08. The monoisotopic (exact) mass is 335 g/mol. The average molecular weight is 336 g/mol. The van der Waals surface area contributed by atoms with Crippen molar-refractivity contribution in [3.05, 3.63) is 40.7 Å². The van der Waals surface area contributed by atoms with E-state index in [0.29, 0.717) is 23.1 Å². The summed E-state index contributed by atoms with van der Waals surface area (Å²) in [5, 5.41) is 4.66. The van der Waals surface area contributed by atoms with Gasteiger partial charge in [-0.15, -0.1) is 0 Å². The van der Waals surface area contributed by atoms with E-state index >= 15 is 0 Å². The van der Waals surface area contributed by atoms with Crippen molar-refractivity contribution < 1.29 is 4.74 Å². The number of hydrogen-bond acceptors (Lipinski definition) is 3. The second-order valence-electron chi connectivity index (χ2n) is 4.81. The Morgan fingerprint density at radius 3 is 2.61 bits per heavy atom. The maximum atomic E-state index is 6.19. The highest BCUT2D eigenvalue weighted by atomic mass is 35.5. The van der Waals surface area contributed by atoms with Gasteiger partial charge in [0.25, 0.3) is 0 Å². The van der Waals surface area contributed by atoms with E-state index in [4.69, 9.17) is 33.5 Å². The first-order valence-electron chi connectivity index (χ1n) is 6.71. The van der Waals surface area contributed by atoms with Crippen molar-refractivity contribution in [2.75, 3.05) is 0 Å². The molecule has 9 heteroatoms. The topological polar surface area (TPSA) is 130 Å². The summed E-state index contributed by atoms with van der Waals surface area (Å²) in [5.41, 5.74) is 18.4. The highest BCUT2D eigenvalue weighted by Crippen LogP contribution is 2.29. The Morgan fingerprint density at radius 1 is 1.30 bits per heavy atom. The standard InChI is InChI=1S/C14H18ClN7O/c1-8-5-10(22(2)21-8)7-23-12-4-3-9(6-11(12)15)19-14(18)20-13(16)17/h3-6H,7H2,1-2H3,(H6,16,17,18,19,20). The van der Waals surface area contributed by atoms with E-state index in [0.717, 1.165) is 11.4 Å². The van der Waals surface area contributed by atoms with E-state index in [1.165, 1.54) is 0 Å². The van der Waals surface area contributed by atoms with E-state index in [1.54, 1.807) is 22.9 Å². The van der Waals surface area contributed by atoms with Crippen LogP contribution in [0.25, 0.3) is 0 Å². The number of rotatable bonds is 4. The molecule has 0 aliphatic rings. The van der Waals surface area contributed by atoms with E-state index in [1.807, 2.05) is 20.0 Å². The fraction of sp³-hybridized carbons (Fsp3) is 0.214. The van der Waals surface area contributed by atoms with Crippen LogP contribution in [0.2, 0.25) is 5.02 Å². The second kappa shape index (κ2) is 7.01. The molecule has 0 unspecified atom stereocenters. The molecular formula is C14H18ClN7O. The van der Waals surface area contributed by atoms with Gasteiger partial charge in [0.2, 0.25) is 5.96 Å². The summed E-state index contributed by atoms with van der Waals surface area (Å²) >= 11 is 6.19. The van der Waals surface area contributed by atoms with Gasteiger partial charge < -0.3 is 21.9 Å². The van der Waals surface area contributed by atoms with Crippen LogP contribution in [0.4, 0.5) is 5.69 Å².